The number of aromatic nitrogens is 2. The molecule has 0 amide bonds. The molecule has 2 rings (SSSR count). The fourth-order valence-electron chi connectivity index (χ4n) is 2.74. The zero-order valence-corrected chi connectivity index (χ0v) is 14.3. The van der Waals surface area contributed by atoms with Gasteiger partial charge in [0, 0.05) is 30.8 Å². The van der Waals surface area contributed by atoms with Crippen molar-refractivity contribution in [2.75, 3.05) is 6.61 Å². The molecule has 1 aromatic heterocycles. The summed E-state index contributed by atoms with van der Waals surface area (Å²) in [5.41, 5.74) is 8.45. The van der Waals surface area contributed by atoms with E-state index in [1.807, 2.05) is 13.8 Å². The van der Waals surface area contributed by atoms with E-state index >= 15 is 0 Å². The van der Waals surface area contributed by atoms with Gasteiger partial charge >= 0.3 is 0 Å². The number of benzene rings is 1. The number of rotatable bonds is 6. The number of aliphatic hydroxyl groups excluding tert-OH is 1. The summed E-state index contributed by atoms with van der Waals surface area (Å²) >= 11 is 0. The van der Waals surface area contributed by atoms with Gasteiger partial charge in [0.1, 0.15) is 5.82 Å². The monoisotopic (exact) mass is 333 g/mol. The van der Waals surface area contributed by atoms with Gasteiger partial charge in [-0.05, 0) is 48.6 Å². The quantitative estimate of drug-likeness (QED) is 0.847. The highest BCUT2D eigenvalue weighted by Gasteiger charge is 2.18. The van der Waals surface area contributed by atoms with Crippen LogP contribution >= 0.6 is 0 Å². The highest BCUT2D eigenvalue weighted by molar-refractivity contribution is 5.65. The fraction of sp³-hybridized carbons (Fsp3) is 0.444. The van der Waals surface area contributed by atoms with E-state index in [9.17, 15) is 14.3 Å². The number of nitrogens with two attached hydrogens (primary N) is 1. The molecule has 0 spiro atoms. The van der Waals surface area contributed by atoms with Crippen molar-refractivity contribution in [2.24, 2.45) is 11.7 Å². The highest BCUT2D eigenvalue weighted by atomic mass is 19.1. The van der Waals surface area contributed by atoms with Gasteiger partial charge < -0.3 is 10.8 Å². The van der Waals surface area contributed by atoms with Crippen LogP contribution in [0.4, 0.5) is 4.39 Å². The smallest absolute Gasteiger partial charge is 0.271 e. The minimum absolute atomic E-state index is 0.0714. The molecule has 0 bridgehead atoms. The Bertz CT molecular complexity index is 785. The molecule has 0 unspecified atom stereocenters. The van der Waals surface area contributed by atoms with Crippen LogP contribution in [0.25, 0.3) is 11.3 Å². The largest absolute Gasteiger partial charge is 0.396 e. The lowest BCUT2D eigenvalue weighted by molar-refractivity contribution is 0.299. The molecule has 1 aromatic carbocycles. The van der Waals surface area contributed by atoms with Crippen LogP contribution in [0.1, 0.15) is 30.5 Å². The van der Waals surface area contributed by atoms with Gasteiger partial charge in [0.05, 0.1) is 5.69 Å². The van der Waals surface area contributed by atoms with Crippen LogP contribution in [0.15, 0.2) is 23.0 Å². The van der Waals surface area contributed by atoms with Gasteiger partial charge in [-0.1, -0.05) is 13.8 Å². The number of hydrogen-bond acceptors (Lipinski definition) is 4. The molecule has 130 valence electrons. The molecule has 0 saturated heterocycles. The third kappa shape index (κ3) is 3.71. The molecule has 6 heteroatoms. The van der Waals surface area contributed by atoms with Gasteiger partial charge in [-0.2, -0.15) is 5.10 Å². The minimum atomic E-state index is -0.294. The summed E-state index contributed by atoms with van der Waals surface area (Å²) in [7, 11) is 0. The van der Waals surface area contributed by atoms with Crippen molar-refractivity contribution in [3.05, 3.63) is 51.1 Å². The molecule has 3 N–H and O–H groups in total. The average molecular weight is 333 g/mol. The first kappa shape index (κ1) is 18.3. The Balaban J connectivity index is 2.74. The van der Waals surface area contributed by atoms with E-state index in [2.05, 4.69) is 5.10 Å². The van der Waals surface area contributed by atoms with Gasteiger partial charge in [-0.15, -0.1) is 0 Å². The van der Waals surface area contributed by atoms with Crippen molar-refractivity contribution >= 4 is 0 Å². The molecule has 0 saturated carbocycles. The normalized spacial score (nSPS) is 11.3. The summed E-state index contributed by atoms with van der Waals surface area (Å²) in [6.45, 7) is 6.10. The third-order valence-electron chi connectivity index (χ3n) is 3.90. The zero-order valence-electron chi connectivity index (χ0n) is 14.3. The van der Waals surface area contributed by atoms with Crippen LogP contribution in [0.5, 0.6) is 0 Å². The maximum atomic E-state index is 13.6. The molecule has 1 heterocycles. The number of aliphatic hydroxyl groups is 1. The Kier molecular flexibility index (Phi) is 5.85. The number of aryl methyl sites for hydroxylation is 1. The van der Waals surface area contributed by atoms with Crippen LogP contribution in [0, 0.1) is 18.7 Å². The van der Waals surface area contributed by atoms with E-state index < -0.39 is 0 Å². The second-order valence-electron chi connectivity index (χ2n) is 6.33. The molecule has 0 aliphatic heterocycles. The van der Waals surface area contributed by atoms with E-state index in [-0.39, 0.29) is 36.9 Å². The van der Waals surface area contributed by atoms with Crippen LogP contribution in [-0.2, 0) is 19.5 Å². The van der Waals surface area contributed by atoms with Crippen molar-refractivity contribution in [2.45, 2.75) is 40.3 Å². The van der Waals surface area contributed by atoms with Crippen molar-refractivity contribution < 1.29 is 9.50 Å². The molecular weight excluding hydrogens is 309 g/mol. The minimum Gasteiger partial charge on any atom is -0.396 e. The summed E-state index contributed by atoms with van der Waals surface area (Å²) in [6, 6.07) is 4.72. The second kappa shape index (κ2) is 7.68. The lowest BCUT2D eigenvalue weighted by Gasteiger charge is -2.17. The van der Waals surface area contributed by atoms with Gasteiger partial charge in [0.15, 0.2) is 0 Å². The standard InChI is InChI=1S/C18H24FN3O2/c1-11(2)10-22-18(24)15(9-20)14(6-7-23)17(21-22)13-4-5-16(19)12(3)8-13/h4-5,8,11,23H,6-7,9-10,20H2,1-3H3. The molecule has 2 aromatic rings. The van der Waals surface area contributed by atoms with Crippen LogP contribution in [0.3, 0.4) is 0 Å². The van der Waals surface area contributed by atoms with Gasteiger partial charge in [0.2, 0.25) is 0 Å². The number of halogens is 1. The van der Waals surface area contributed by atoms with E-state index in [0.29, 0.717) is 34.5 Å². The molecule has 0 radical (unpaired) electrons. The first-order valence-electron chi connectivity index (χ1n) is 8.09. The second-order valence-corrected chi connectivity index (χ2v) is 6.33. The number of nitrogens with zero attached hydrogens (tertiary/aromatic N) is 2. The van der Waals surface area contributed by atoms with Gasteiger partial charge in [-0.25, -0.2) is 9.07 Å². The molecule has 0 atom stereocenters. The molecule has 0 aliphatic carbocycles. The average Bonchev–Trinajstić information content (AvgIpc) is 2.53. The Labute approximate surface area is 140 Å². The topological polar surface area (TPSA) is 81.1 Å². The molecule has 0 aliphatic rings. The summed E-state index contributed by atoms with van der Waals surface area (Å²) in [5.74, 6) is -0.0515. The first-order valence-corrected chi connectivity index (χ1v) is 8.09. The van der Waals surface area contributed by atoms with E-state index in [0.717, 1.165) is 0 Å². The summed E-state index contributed by atoms with van der Waals surface area (Å²) in [5, 5.41) is 13.9. The van der Waals surface area contributed by atoms with Crippen LogP contribution < -0.4 is 11.3 Å². The lowest BCUT2D eigenvalue weighted by Crippen LogP contribution is -2.32. The van der Waals surface area contributed by atoms with Crippen molar-refractivity contribution in [3.8, 4) is 11.3 Å². The summed E-state index contributed by atoms with van der Waals surface area (Å²) in [6.07, 6.45) is 0.281. The van der Waals surface area contributed by atoms with Crippen molar-refractivity contribution in [3.63, 3.8) is 0 Å². The van der Waals surface area contributed by atoms with E-state index in [1.165, 1.54) is 10.7 Å². The predicted octanol–water partition coefficient (Wildman–Crippen LogP) is 2.01. The van der Waals surface area contributed by atoms with Gasteiger partial charge in [-0.3, -0.25) is 4.79 Å². The molecule has 24 heavy (non-hydrogen) atoms. The van der Waals surface area contributed by atoms with Crippen LogP contribution in [0.2, 0.25) is 0 Å². The Hall–Kier alpha value is -2.05. The number of hydrogen-bond donors (Lipinski definition) is 2. The Morgan fingerprint density at radius 2 is 2.04 bits per heavy atom. The predicted molar refractivity (Wildman–Crippen MR) is 92.1 cm³/mol. The molecule has 5 nitrogen and oxygen atoms in total. The Morgan fingerprint density at radius 1 is 1.33 bits per heavy atom. The van der Waals surface area contributed by atoms with E-state index in [1.54, 1.807) is 19.1 Å². The third-order valence-corrected chi connectivity index (χ3v) is 3.90. The lowest BCUT2D eigenvalue weighted by atomic mass is 9.98. The van der Waals surface area contributed by atoms with Gasteiger partial charge in [0.25, 0.3) is 5.56 Å². The first-order chi connectivity index (χ1) is 11.4. The van der Waals surface area contributed by atoms with Crippen LogP contribution in [-0.4, -0.2) is 21.5 Å². The molecular formula is C18H24FN3O2. The SMILES string of the molecule is Cc1cc(-c2nn(CC(C)C)c(=O)c(CN)c2CCO)ccc1F. The summed E-state index contributed by atoms with van der Waals surface area (Å²) < 4.78 is 15.0. The fourth-order valence-corrected chi connectivity index (χ4v) is 2.74. The maximum absolute atomic E-state index is 13.6. The maximum Gasteiger partial charge on any atom is 0.271 e. The molecule has 0 fully saturated rings. The highest BCUT2D eigenvalue weighted by Crippen LogP contribution is 2.25. The zero-order chi connectivity index (χ0) is 17.9. The van der Waals surface area contributed by atoms with Crippen molar-refractivity contribution in [1.29, 1.82) is 0 Å². The van der Waals surface area contributed by atoms with E-state index in [4.69, 9.17) is 5.73 Å². The van der Waals surface area contributed by atoms with Crippen molar-refractivity contribution in [1.82, 2.24) is 9.78 Å². The summed E-state index contributed by atoms with van der Waals surface area (Å²) in [4.78, 5) is 12.6. The Morgan fingerprint density at radius 3 is 2.58 bits per heavy atom.